The first-order chi connectivity index (χ1) is 11.4. The normalized spacial score (nSPS) is 20.1. The first-order valence-electron chi connectivity index (χ1n) is 9.00. The van der Waals surface area contributed by atoms with Crippen molar-refractivity contribution in [1.82, 2.24) is 10.3 Å². The molecular formula is C18H29N3O2. The smallest absolute Gasteiger partial charge is 0.133 e. The molecule has 128 valence electrons. The van der Waals surface area contributed by atoms with Crippen LogP contribution in [-0.4, -0.2) is 44.4 Å². The van der Waals surface area contributed by atoms with Crippen LogP contribution in [0.3, 0.4) is 0 Å². The number of rotatable bonds is 8. The third-order valence-corrected chi connectivity index (χ3v) is 4.70. The Morgan fingerprint density at radius 2 is 2.22 bits per heavy atom. The lowest BCUT2D eigenvalue weighted by Gasteiger charge is -2.20. The molecule has 5 nitrogen and oxygen atoms in total. The number of hydrogen-bond acceptors (Lipinski definition) is 5. The van der Waals surface area contributed by atoms with Crippen LogP contribution in [0.2, 0.25) is 0 Å². The second-order valence-corrected chi connectivity index (χ2v) is 6.47. The lowest BCUT2D eigenvalue weighted by atomic mass is 10.0. The molecule has 3 heterocycles. The summed E-state index contributed by atoms with van der Waals surface area (Å²) in [5, 5.41) is 6.73. The topological polar surface area (TPSA) is 55.4 Å². The standard InChI is InChI=1S/C18H29N3O2/c1-22-17-12-14(21-18-16(17)7-5-9-20-18)6-3-2-4-11-23-15-8-10-19-13-15/h12,15,19H,2-11,13H2,1H3,(H,20,21)/t15-/m1/s1. The van der Waals surface area contributed by atoms with E-state index >= 15 is 0 Å². The van der Waals surface area contributed by atoms with Crippen molar-refractivity contribution in [2.45, 2.75) is 51.0 Å². The highest BCUT2D eigenvalue weighted by Crippen LogP contribution is 2.30. The summed E-state index contributed by atoms with van der Waals surface area (Å²) in [5.41, 5.74) is 2.37. The Kier molecular flexibility index (Phi) is 6.11. The summed E-state index contributed by atoms with van der Waals surface area (Å²) in [5.74, 6) is 2.02. The molecule has 0 bridgehead atoms. The highest BCUT2D eigenvalue weighted by atomic mass is 16.5. The second kappa shape index (κ2) is 8.50. The van der Waals surface area contributed by atoms with Crippen molar-refractivity contribution in [2.24, 2.45) is 0 Å². The Bertz CT molecular complexity index is 484. The molecule has 0 saturated carbocycles. The van der Waals surface area contributed by atoms with Gasteiger partial charge in [0.15, 0.2) is 0 Å². The van der Waals surface area contributed by atoms with Gasteiger partial charge in [0, 0.05) is 37.0 Å². The number of nitrogens with zero attached hydrogens (tertiary/aromatic N) is 1. The van der Waals surface area contributed by atoms with Crippen molar-refractivity contribution in [3.05, 3.63) is 17.3 Å². The Hall–Kier alpha value is -1.33. The maximum absolute atomic E-state index is 5.86. The number of aromatic nitrogens is 1. The first-order valence-corrected chi connectivity index (χ1v) is 9.00. The maximum Gasteiger partial charge on any atom is 0.133 e. The molecule has 1 aromatic heterocycles. The van der Waals surface area contributed by atoms with Crippen molar-refractivity contribution in [1.29, 1.82) is 0 Å². The van der Waals surface area contributed by atoms with Gasteiger partial charge in [0.2, 0.25) is 0 Å². The molecule has 2 aliphatic heterocycles. The highest BCUT2D eigenvalue weighted by Gasteiger charge is 2.16. The summed E-state index contributed by atoms with van der Waals surface area (Å²) in [6, 6.07) is 2.12. The summed E-state index contributed by atoms with van der Waals surface area (Å²) < 4.78 is 11.4. The summed E-state index contributed by atoms with van der Waals surface area (Å²) in [6.07, 6.45) is 8.30. The minimum absolute atomic E-state index is 0.438. The van der Waals surface area contributed by atoms with Crippen LogP contribution in [0.25, 0.3) is 0 Å². The van der Waals surface area contributed by atoms with E-state index in [2.05, 4.69) is 16.7 Å². The summed E-state index contributed by atoms with van der Waals surface area (Å²) in [7, 11) is 1.75. The molecule has 1 atom stereocenters. The van der Waals surface area contributed by atoms with Crippen molar-refractivity contribution in [3.8, 4) is 5.75 Å². The lowest BCUT2D eigenvalue weighted by Crippen LogP contribution is -2.17. The van der Waals surface area contributed by atoms with Crippen LogP contribution in [0.4, 0.5) is 5.82 Å². The SMILES string of the molecule is COc1cc(CCCCCO[C@@H]2CCNC2)nc2c1CCCN2. The number of hydrogen-bond donors (Lipinski definition) is 2. The van der Waals surface area contributed by atoms with Gasteiger partial charge in [0.25, 0.3) is 0 Å². The number of pyridine rings is 1. The summed E-state index contributed by atoms with van der Waals surface area (Å²) in [6.45, 7) is 4.02. The monoisotopic (exact) mass is 319 g/mol. The van der Waals surface area contributed by atoms with Gasteiger partial charge in [-0.25, -0.2) is 4.98 Å². The number of aryl methyl sites for hydroxylation is 1. The zero-order valence-corrected chi connectivity index (χ0v) is 14.2. The molecule has 0 radical (unpaired) electrons. The fraction of sp³-hybridized carbons (Fsp3) is 0.722. The number of ether oxygens (including phenoxy) is 2. The average molecular weight is 319 g/mol. The van der Waals surface area contributed by atoms with Gasteiger partial charge in [-0.15, -0.1) is 0 Å². The Morgan fingerprint density at radius 1 is 1.26 bits per heavy atom. The van der Waals surface area contributed by atoms with E-state index in [1.165, 1.54) is 12.0 Å². The van der Waals surface area contributed by atoms with E-state index in [0.29, 0.717) is 6.10 Å². The molecule has 0 aliphatic carbocycles. The van der Waals surface area contributed by atoms with Gasteiger partial charge in [-0.2, -0.15) is 0 Å². The number of unbranched alkanes of at least 4 members (excludes halogenated alkanes) is 2. The van der Waals surface area contributed by atoms with Crippen molar-refractivity contribution in [3.63, 3.8) is 0 Å². The Morgan fingerprint density at radius 3 is 3.04 bits per heavy atom. The molecule has 5 heteroatoms. The van der Waals surface area contributed by atoms with Crippen LogP contribution in [0, 0.1) is 0 Å². The van der Waals surface area contributed by atoms with Gasteiger partial charge in [-0.1, -0.05) is 6.42 Å². The van der Waals surface area contributed by atoms with Crippen LogP contribution < -0.4 is 15.4 Å². The van der Waals surface area contributed by atoms with Gasteiger partial charge in [-0.05, 0) is 45.1 Å². The van der Waals surface area contributed by atoms with Crippen molar-refractivity contribution < 1.29 is 9.47 Å². The number of fused-ring (bicyclic) bond motifs is 1. The fourth-order valence-electron chi connectivity index (χ4n) is 3.37. The molecule has 2 aliphatic rings. The molecule has 1 aromatic rings. The van der Waals surface area contributed by atoms with Gasteiger partial charge >= 0.3 is 0 Å². The van der Waals surface area contributed by atoms with Gasteiger partial charge in [0.05, 0.1) is 13.2 Å². The minimum Gasteiger partial charge on any atom is -0.496 e. The third kappa shape index (κ3) is 4.58. The van der Waals surface area contributed by atoms with Crippen LogP contribution in [0.15, 0.2) is 6.07 Å². The van der Waals surface area contributed by atoms with Gasteiger partial charge in [0.1, 0.15) is 11.6 Å². The van der Waals surface area contributed by atoms with E-state index in [1.54, 1.807) is 7.11 Å². The number of anilines is 1. The van der Waals surface area contributed by atoms with E-state index in [0.717, 1.165) is 82.0 Å². The van der Waals surface area contributed by atoms with Crippen molar-refractivity contribution >= 4 is 5.82 Å². The zero-order valence-electron chi connectivity index (χ0n) is 14.2. The highest BCUT2D eigenvalue weighted by molar-refractivity contribution is 5.54. The lowest BCUT2D eigenvalue weighted by molar-refractivity contribution is 0.0642. The predicted octanol–water partition coefficient (Wildman–Crippen LogP) is 2.54. The van der Waals surface area contributed by atoms with E-state index in [4.69, 9.17) is 14.5 Å². The van der Waals surface area contributed by atoms with Gasteiger partial charge in [-0.3, -0.25) is 0 Å². The van der Waals surface area contributed by atoms with E-state index in [-0.39, 0.29) is 0 Å². The van der Waals surface area contributed by atoms with Crippen molar-refractivity contribution in [2.75, 3.05) is 38.7 Å². The average Bonchev–Trinajstić information content (AvgIpc) is 3.10. The predicted molar refractivity (Wildman–Crippen MR) is 92.4 cm³/mol. The molecule has 0 aromatic carbocycles. The Labute approximate surface area is 139 Å². The second-order valence-electron chi connectivity index (χ2n) is 6.47. The minimum atomic E-state index is 0.438. The number of methoxy groups -OCH3 is 1. The first kappa shape index (κ1) is 16.5. The van der Waals surface area contributed by atoms with Crippen LogP contribution in [-0.2, 0) is 17.6 Å². The summed E-state index contributed by atoms with van der Waals surface area (Å²) in [4.78, 5) is 4.77. The molecule has 3 rings (SSSR count). The van der Waals surface area contributed by atoms with E-state index < -0.39 is 0 Å². The molecular weight excluding hydrogens is 290 g/mol. The third-order valence-electron chi connectivity index (χ3n) is 4.70. The van der Waals surface area contributed by atoms with Crippen LogP contribution in [0.5, 0.6) is 5.75 Å². The molecule has 0 amide bonds. The molecule has 2 N–H and O–H groups in total. The Balaban J connectivity index is 1.41. The molecule has 1 saturated heterocycles. The number of nitrogens with one attached hydrogen (secondary N) is 2. The fourth-order valence-corrected chi connectivity index (χ4v) is 3.37. The molecule has 0 unspecified atom stereocenters. The summed E-state index contributed by atoms with van der Waals surface area (Å²) >= 11 is 0. The molecule has 0 spiro atoms. The molecule has 1 fully saturated rings. The zero-order chi connectivity index (χ0) is 15.9. The largest absolute Gasteiger partial charge is 0.496 e. The maximum atomic E-state index is 5.86. The quantitative estimate of drug-likeness (QED) is 0.721. The van der Waals surface area contributed by atoms with Gasteiger partial charge < -0.3 is 20.1 Å². The van der Waals surface area contributed by atoms with E-state index in [9.17, 15) is 0 Å². The van der Waals surface area contributed by atoms with Crippen LogP contribution in [0.1, 0.15) is 43.4 Å². The van der Waals surface area contributed by atoms with E-state index in [1.807, 2.05) is 0 Å². The molecule has 23 heavy (non-hydrogen) atoms. The van der Waals surface area contributed by atoms with Crippen LogP contribution >= 0.6 is 0 Å².